The van der Waals surface area contributed by atoms with Crippen molar-refractivity contribution < 1.29 is 26.4 Å². The maximum atomic E-state index is 13.5. The van der Waals surface area contributed by atoms with Crippen LogP contribution in [-0.2, 0) is 6.42 Å². The fourth-order valence-corrected chi connectivity index (χ4v) is 1.48. The zero-order valence-electron chi connectivity index (χ0n) is 10.1. The zero-order valence-corrected chi connectivity index (χ0v) is 10.1. The summed E-state index contributed by atoms with van der Waals surface area (Å²) in [6.45, 7) is 0.443. The molecule has 1 N–H and O–H groups in total. The van der Waals surface area contributed by atoms with Crippen LogP contribution in [0.2, 0.25) is 0 Å². The molecule has 0 radical (unpaired) electrons. The van der Waals surface area contributed by atoms with Gasteiger partial charge in [0, 0.05) is 13.0 Å². The third kappa shape index (κ3) is 2.36. The molecule has 0 aliphatic heterocycles. The van der Waals surface area contributed by atoms with Crippen LogP contribution in [0.1, 0.15) is 5.89 Å². The Balaban J connectivity index is 2.50. The van der Waals surface area contributed by atoms with E-state index >= 15 is 0 Å². The van der Waals surface area contributed by atoms with Crippen LogP contribution in [0, 0.1) is 29.1 Å². The van der Waals surface area contributed by atoms with E-state index in [0.29, 0.717) is 6.54 Å². The summed E-state index contributed by atoms with van der Waals surface area (Å²) in [6.07, 6.45) is 0.249. The molecule has 2 rings (SSSR count). The lowest BCUT2D eigenvalue weighted by Gasteiger charge is -2.04. The monoisotopic (exact) mass is 293 g/mol. The minimum atomic E-state index is -2.24. The number of hydrogen-bond acceptors (Lipinski definition) is 4. The summed E-state index contributed by atoms with van der Waals surface area (Å²) in [7, 11) is 1.65. The van der Waals surface area contributed by atoms with E-state index in [1.807, 2.05) is 0 Å². The first kappa shape index (κ1) is 14.4. The lowest BCUT2D eigenvalue weighted by atomic mass is 10.1. The number of benzene rings is 1. The van der Waals surface area contributed by atoms with Crippen LogP contribution in [0.5, 0.6) is 0 Å². The highest BCUT2D eigenvalue weighted by Crippen LogP contribution is 2.30. The average molecular weight is 293 g/mol. The zero-order chi connectivity index (χ0) is 14.9. The van der Waals surface area contributed by atoms with E-state index in [1.165, 1.54) is 0 Å². The molecule has 9 heteroatoms. The number of halogens is 5. The molecule has 108 valence electrons. The number of nitrogens with one attached hydrogen (secondary N) is 1. The second-order valence-corrected chi connectivity index (χ2v) is 3.80. The molecule has 20 heavy (non-hydrogen) atoms. The van der Waals surface area contributed by atoms with Gasteiger partial charge in [-0.3, -0.25) is 0 Å². The SMILES string of the molecule is CNCCc1nnc(-c2c(F)c(F)c(F)c(F)c2F)o1. The van der Waals surface area contributed by atoms with Gasteiger partial charge in [-0.15, -0.1) is 10.2 Å². The van der Waals surface area contributed by atoms with Gasteiger partial charge < -0.3 is 9.73 Å². The van der Waals surface area contributed by atoms with Crippen molar-refractivity contribution in [3.8, 4) is 11.5 Å². The molecule has 0 atom stereocenters. The fraction of sp³-hybridized carbons (Fsp3) is 0.273. The van der Waals surface area contributed by atoms with E-state index in [4.69, 9.17) is 4.42 Å². The third-order valence-electron chi connectivity index (χ3n) is 2.48. The second kappa shape index (κ2) is 5.53. The highest BCUT2D eigenvalue weighted by atomic mass is 19.2. The number of rotatable bonds is 4. The smallest absolute Gasteiger partial charge is 0.253 e. The summed E-state index contributed by atoms with van der Waals surface area (Å²) in [5, 5.41) is 9.53. The Kier molecular flexibility index (Phi) is 3.98. The van der Waals surface area contributed by atoms with Crippen molar-refractivity contribution in [3.63, 3.8) is 0 Å². The van der Waals surface area contributed by atoms with Gasteiger partial charge in [0.15, 0.2) is 23.3 Å². The van der Waals surface area contributed by atoms with Crippen LogP contribution in [0.3, 0.4) is 0 Å². The first-order valence-corrected chi connectivity index (χ1v) is 5.46. The molecular formula is C11H8F5N3O. The number of aromatic nitrogens is 2. The van der Waals surface area contributed by atoms with Crippen LogP contribution in [-0.4, -0.2) is 23.8 Å². The largest absolute Gasteiger partial charge is 0.420 e. The molecule has 0 saturated heterocycles. The van der Waals surface area contributed by atoms with E-state index in [0.717, 1.165) is 0 Å². The summed E-state index contributed by atoms with van der Waals surface area (Å²) in [4.78, 5) is 0. The first-order chi connectivity index (χ1) is 9.47. The molecule has 0 spiro atoms. The molecule has 0 unspecified atom stereocenters. The van der Waals surface area contributed by atoms with Gasteiger partial charge in [-0.05, 0) is 7.05 Å². The molecule has 0 aliphatic carbocycles. The van der Waals surface area contributed by atoms with Crippen molar-refractivity contribution in [3.05, 3.63) is 35.0 Å². The van der Waals surface area contributed by atoms with Crippen molar-refractivity contribution in [2.24, 2.45) is 0 Å². The lowest BCUT2D eigenvalue weighted by molar-refractivity contribution is 0.377. The first-order valence-electron chi connectivity index (χ1n) is 5.46. The summed E-state index contributed by atoms with van der Waals surface area (Å²) < 4.78 is 70.8. The Hall–Kier alpha value is -2.03. The van der Waals surface area contributed by atoms with Crippen LogP contribution in [0.25, 0.3) is 11.5 Å². The lowest BCUT2D eigenvalue weighted by Crippen LogP contribution is -2.10. The Morgan fingerprint density at radius 2 is 1.45 bits per heavy atom. The van der Waals surface area contributed by atoms with Crippen LogP contribution >= 0.6 is 0 Å². The molecule has 4 nitrogen and oxygen atoms in total. The standard InChI is InChI=1S/C11H8F5N3O/c1-17-3-2-4-18-19-11(20-4)5-6(12)8(14)10(16)9(15)7(5)13/h17H,2-3H2,1H3. The quantitative estimate of drug-likeness (QED) is 0.533. The highest BCUT2D eigenvalue weighted by Gasteiger charge is 2.29. The van der Waals surface area contributed by atoms with Crippen molar-refractivity contribution in [1.29, 1.82) is 0 Å². The molecule has 0 aliphatic rings. The van der Waals surface area contributed by atoms with Crippen molar-refractivity contribution in [1.82, 2.24) is 15.5 Å². The molecule has 0 saturated carbocycles. The Bertz CT molecular complexity index is 614. The third-order valence-corrected chi connectivity index (χ3v) is 2.48. The van der Waals surface area contributed by atoms with E-state index in [9.17, 15) is 22.0 Å². The van der Waals surface area contributed by atoms with Gasteiger partial charge in [0.1, 0.15) is 5.56 Å². The predicted octanol–water partition coefficient (Wildman–Crippen LogP) is 2.19. The summed E-state index contributed by atoms with van der Waals surface area (Å²) in [5.41, 5.74) is -1.23. The van der Waals surface area contributed by atoms with E-state index in [1.54, 1.807) is 7.05 Å². The topological polar surface area (TPSA) is 51.0 Å². The Morgan fingerprint density at radius 1 is 0.900 bits per heavy atom. The van der Waals surface area contributed by atoms with Crippen LogP contribution in [0.4, 0.5) is 22.0 Å². The van der Waals surface area contributed by atoms with Gasteiger partial charge in [0.25, 0.3) is 5.89 Å². The van der Waals surface area contributed by atoms with Gasteiger partial charge in [0.2, 0.25) is 11.7 Å². The van der Waals surface area contributed by atoms with Crippen molar-refractivity contribution in [2.45, 2.75) is 6.42 Å². The van der Waals surface area contributed by atoms with E-state index < -0.39 is 40.5 Å². The second-order valence-electron chi connectivity index (χ2n) is 3.80. The van der Waals surface area contributed by atoms with E-state index in [2.05, 4.69) is 15.5 Å². The molecule has 0 fully saturated rings. The molecule has 0 bridgehead atoms. The predicted molar refractivity (Wildman–Crippen MR) is 57.2 cm³/mol. The Labute approximate surface area is 109 Å². The normalized spacial score (nSPS) is 11.1. The molecule has 2 aromatic rings. The highest BCUT2D eigenvalue weighted by molar-refractivity contribution is 5.55. The number of likely N-dealkylation sites (N-methyl/N-ethyl adjacent to an activating group) is 1. The molecule has 1 aromatic carbocycles. The van der Waals surface area contributed by atoms with E-state index in [-0.39, 0.29) is 12.3 Å². The van der Waals surface area contributed by atoms with Crippen molar-refractivity contribution in [2.75, 3.05) is 13.6 Å². The Morgan fingerprint density at radius 3 is 2.00 bits per heavy atom. The molecular weight excluding hydrogens is 285 g/mol. The minimum Gasteiger partial charge on any atom is -0.420 e. The van der Waals surface area contributed by atoms with Gasteiger partial charge in [-0.1, -0.05) is 0 Å². The number of nitrogens with zero attached hydrogens (tertiary/aromatic N) is 2. The minimum absolute atomic E-state index is 0.0123. The van der Waals surface area contributed by atoms with Crippen LogP contribution in [0.15, 0.2) is 4.42 Å². The molecule has 0 amide bonds. The summed E-state index contributed by atoms with van der Waals surface area (Å²) >= 11 is 0. The van der Waals surface area contributed by atoms with Gasteiger partial charge >= 0.3 is 0 Å². The maximum Gasteiger partial charge on any atom is 0.253 e. The number of hydrogen-bond donors (Lipinski definition) is 1. The summed E-state index contributed by atoms with van der Waals surface area (Å²) in [6, 6.07) is 0. The van der Waals surface area contributed by atoms with Gasteiger partial charge in [-0.25, -0.2) is 22.0 Å². The van der Waals surface area contributed by atoms with Gasteiger partial charge in [-0.2, -0.15) is 0 Å². The van der Waals surface area contributed by atoms with Crippen LogP contribution < -0.4 is 5.32 Å². The average Bonchev–Trinajstić information content (AvgIpc) is 2.89. The van der Waals surface area contributed by atoms with Crippen molar-refractivity contribution >= 4 is 0 Å². The fourth-order valence-electron chi connectivity index (χ4n) is 1.48. The van der Waals surface area contributed by atoms with Gasteiger partial charge in [0.05, 0.1) is 0 Å². The molecule has 1 heterocycles. The molecule has 1 aromatic heterocycles. The maximum absolute atomic E-state index is 13.5. The summed E-state index contributed by atoms with van der Waals surface area (Å²) in [5.74, 6) is -11.1.